The van der Waals surface area contributed by atoms with Crippen molar-refractivity contribution < 1.29 is 14.3 Å². The summed E-state index contributed by atoms with van der Waals surface area (Å²) >= 11 is 0. The van der Waals surface area contributed by atoms with Crippen molar-refractivity contribution in [2.45, 2.75) is 20.0 Å². The summed E-state index contributed by atoms with van der Waals surface area (Å²) in [7, 11) is 1.61. The monoisotopic (exact) mass is 223 g/mol. The van der Waals surface area contributed by atoms with Crippen molar-refractivity contribution in [2.24, 2.45) is 0 Å². The predicted octanol–water partition coefficient (Wildman–Crippen LogP) is 1.89. The average Bonchev–Trinajstić information content (AvgIpc) is 2.26. The molecule has 0 saturated carbocycles. The molecule has 2 N–H and O–H groups in total. The van der Waals surface area contributed by atoms with Crippen LogP contribution in [0.2, 0.25) is 0 Å². The number of carbonyl (C=O) groups excluding carboxylic acids is 1. The first-order valence-corrected chi connectivity index (χ1v) is 5.10. The van der Waals surface area contributed by atoms with Gasteiger partial charge in [0.15, 0.2) is 5.78 Å². The highest BCUT2D eigenvalue weighted by Gasteiger charge is 2.10. The molecule has 0 amide bonds. The van der Waals surface area contributed by atoms with Gasteiger partial charge < -0.3 is 15.2 Å². The van der Waals surface area contributed by atoms with E-state index in [1.54, 1.807) is 25.3 Å². The first-order chi connectivity index (χ1) is 7.54. The van der Waals surface area contributed by atoms with Crippen LogP contribution in [0.3, 0.4) is 0 Å². The molecule has 1 atom stereocenters. The van der Waals surface area contributed by atoms with Gasteiger partial charge in [-0.25, -0.2) is 0 Å². The van der Waals surface area contributed by atoms with Gasteiger partial charge in [-0.05, 0) is 32.0 Å². The quantitative estimate of drug-likeness (QED) is 0.611. The Morgan fingerprint density at radius 2 is 2.19 bits per heavy atom. The van der Waals surface area contributed by atoms with Crippen molar-refractivity contribution in [1.29, 1.82) is 0 Å². The molecule has 1 aromatic rings. The molecule has 0 spiro atoms. The number of Topliss-reactive ketones (excluding diaryl/α,β-unsaturated/α-hetero) is 1. The number of ketones is 1. The standard InChI is InChI=1S/C12H17NO3/c1-8(15-3)7-16-12-5-4-10(13)6-11(12)9(2)14/h4-6,8H,7,13H2,1-3H3. The Balaban J connectivity index is 2.82. The smallest absolute Gasteiger partial charge is 0.163 e. The number of methoxy groups -OCH3 is 1. The van der Waals surface area contributed by atoms with Crippen LogP contribution in [0, 0.1) is 0 Å². The van der Waals surface area contributed by atoms with E-state index in [1.165, 1.54) is 6.92 Å². The second-order valence-corrected chi connectivity index (χ2v) is 3.67. The van der Waals surface area contributed by atoms with Gasteiger partial charge in [-0.2, -0.15) is 0 Å². The minimum Gasteiger partial charge on any atom is -0.490 e. The molecule has 0 aliphatic carbocycles. The summed E-state index contributed by atoms with van der Waals surface area (Å²) in [5.41, 5.74) is 6.67. The van der Waals surface area contributed by atoms with Gasteiger partial charge in [-0.15, -0.1) is 0 Å². The van der Waals surface area contributed by atoms with Gasteiger partial charge in [0.1, 0.15) is 12.4 Å². The molecule has 0 heterocycles. The number of benzene rings is 1. The van der Waals surface area contributed by atoms with E-state index in [1.807, 2.05) is 6.92 Å². The van der Waals surface area contributed by atoms with Crippen LogP contribution in [0.5, 0.6) is 5.75 Å². The number of nitrogen functional groups attached to an aromatic ring is 1. The molecular weight excluding hydrogens is 206 g/mol. The maximum Gasteiger partial charge on any atom is 0.163 e. The zero-order valence-electron chi connectivity index (χ0n) is 9.82. The number of anilines is 1. The van der Waals surface area contributed by atoms with E-state index in [0.717, 1.165) is 0 Å². The van der Waals surface area contributed by atoms with E-state index in [2.05, 4.69) is 0 Å². The van der Waals surface area contributed by atoms with Crippen molar-refractivity contribution in [2.75, 3.05) is 19.5 Å². The van der Waals surface area contributed by atoms with Gasteiger partial charge in [-0.1, -0.05) is 0 Å². The van der Waals surface area contributed by atoms with Crippen LogP contribution in [0.15, 0.2) is 18.2 Å². The van der Waals surface area contributed by atoms with Crippen LogP contribution in [-0.4, -0.2) is 25.6 Å². The molecule has 0 aliphatic rings. The lowest BCUT2D eigenvalue weighted by molar-refractivity contribution is 0.0708. The number of hydrogen-bond acceptors (Lipinski definition) is 4. The maximum atomic E-state index is 11.4. The minimum atomic E-state index is -0.0626. The molecule has 0 aromatic heterocycles. The first-order valence-electron chi connectivity index (χ1n) is 5.10. The summed E-state index contributed by atoms with van der Waals surface area (Å²) < 4.78 is 10.6. The Kier molecular flexibility index (Phi) is 4.31. The second-order valence-electron chi connectivity index (χ2n) is 3.67. The number of carbonyl (C=O) groups is 1. The Bertz CT molecular complexity index is 377. The third kappa shape index (κ3) is 3.24. The van der Waals surface area contributed by atoms with Crippen molar-refractivity contribution >= 4 is 11.5 Å². The lowest BCUT2D eigenvalue weighted by Crippen LogP contribution is -2.17. The fraction of sp³-hybridized carbons (Fsp3) is 0.417. The normalized spacial score (nSPS) is 12.2. The summed E-state index contributed by atoms with van der Waals surface area (Å²) in [4.78, 5) is 11.4. The summed E-state index contributed by atoms with van der Waals surface area (Å²) in [6.45, 7) is 3.78. The van der Waals surface area contributed by atoms with E-state index in [9.17, 15) is 4.79 Å². The molecule has 0 radical (unpaired) electrons. The van der Waals surface area contributed by atoms with Crippen LogP contribution in [0.4, 0.5) is 5.69 Å². The lowest BCUT2D eigenvalue weighted by Gasteiger charge is -2.13. The molecule has 0 bridgehead atoms. The first kappa shape index (κ1) is 12.5. The molecule has 0 fully saturated rings. The summed E-state index contributed by atoms with van der Waals surface area (Å²) in [5.74, 6) is 0.484. The zero-order valence-corrected chi connectivity index (χ0v) is 9.82. The number of rotatable bonds is 5. The Labute approximate surface area is 95.3 Å². The molecule has 16 heavy (non-hydrogen) atoms. The van der Waals surface area contributed by atoms with E-state index < -0.39 is 0 Å². The highest BCUT2D eigenvalue weighted by Crippen LogP contribution is 2.22. The third-order valence-electron chi connectivity index (χ3n) is 2.26. The van der Waals surface area contributed by atoms with Crippen LogP contribution in [0.25, 0.3) is 0 Å². The Morgan fingerprint density at radius 3 is 2.75 bits per heavy atom. The van der Waals surface area contributed by atoms with Gasteiger partial charge in [0.05, 0.1) is 11.7 Å². The van der Waals surface area contributed by atoms with E-state index in [-0.39, 0.29) is 11.9 Å². The van der Waals surface area contributed by atoms with Gasteiger partial charge >= 0.3 is 0 Å². The van der Waals surface area contributed by atoms with Crippen molar-refractivity contribution in [3.63, 3.8) is 0 Å². The van der Waals surface area contributed by atoms with Crippen LogP contribution in [0.1, 0.15) is 24.2 Å². The zero-order chi connectivity index (χ0) is 12.1. The molecule has 0 aliphatic heterocycles. The molecule has 1 aromatic carbocycles. The molecule has 4 heteroatoms. The van der Waals surface area contributed by atoms with E-state index in [4.69, 9.17) is 15.2 Å². The minimum absolute atomic E-state index is 0.0163. The van der Waals surface area contributed by atoms with Crippen LogP contribution >= 0.6 is 0 Å². The summed E-state index contributed by atoms with van der Waals surface area (Å²) in [6.07, 6.45) is -0.0163. The SMILES string of the molecule is COC(C)COc1ccc(N)cc1C(C)=O. The highest BCUT2D eigenvalue weighted by molar-refractivity contribution is 5.97. The molecule has 1 rings (SSSR count). The third-order valence-corrected chi connectivity index (χ3v) is 2.26. The molecule has 88 valence electrons. The topological polar surface area (TPSA) is 61.6 Å². The summed E-state index contributed by atoms with van der Waals surface area (Å²) in [6, 6.07) is 5.03. The fourth-order valence-corrected chi connectivity index (χ4v) is 1.22. The van der Waals surface area contributed by atoms with E-state index >= 15 is 0 Å². The van der Waals surface area contributed by atoms with Crippen LogP contribution < -0.4 is 10.5 Å². The fourth-order valence-electron chi connectivity index (χ4n) is 1.22. The predicted molar refractivity (Wildman–Crippen MR) is 62.8 cm³/mol. The van der Waals surface area contributed by atoms with Gasteiger partial charge in [0.2, 0.25) is 0 Å². The Hall–Kier alpha value is -1.55. The Morgan fingerprint density at radius 1 is 1.50 bits per heavy atom. The second kappa shape index (κ2) is 5.51. The number of ether oxygens (including phenoxy) is 2. The maximum absolute atomic E-state index is 11.4. The lowest BCUT2D eigenvalue weighted by atomic mass is 10.1. The largest absolute Gasteiger partial charge is 0.490 e. The molecule has 0 saturated heterocycles. The van der Waals surface area contributed by atoms with E-state index in [0.29, 0.717) is 23.6 Å². The van der Waals surface area contributed by atoms with Gasteiger partial charge in [0, 0.05) is 12.8 Å². The summed E-state index contributed by atoms with van der Waals surface area (Å²) in [5, 5.41) is 0. The van der Waals surface area contributed by atoms with Crippen molar-refractivity contribution in [3.05, 3.63) is 23.8 Å². The van der Waals surface area contributed by atoms with Gasteiger partial charge in [0.25, 0.3) is 0 Å². The number of nitrogens with two attached hydrogens (primary N) is 1. The van der Waals surface area contributed by atoms with Crippen LogP contribution in [-0.2, 0) is 4.74 Å². The average molecular weight is 223 g/mol. The highest BCUT2D eigenvalue weighted by atomic mass is 16.5. The molecular formula is C12H17NO3. The van der Waals surface area contributed by atoms with Gasteiger partial charge in [-0.3, -0.25) is 4.79 Å². The van der Waals surface area contributed by atoms with Crippen molar-refractivity contribution in [3.8, 4) is 5.75 Å². The number of hydrogen-bond donors (Lipinski definition) is 1. The van der Waals surface area contributed by atoms with Crippen molar-refractivity contribution in [1.82, 2.24) is 0 Å². The molecule has 1 unspecified atom stereocenters. The molecule has 4 nitrogen and oxygen atoms in total.